The molecular weight excluding hydrogens is 492 g/mol. The summed E-state index contributed by atoms with van der Waals surface area (Å²) in [5, 5.41) is 15.7. The van der Waals surface area contributed by atoms with Crippen LogP contribution in [0, 0.1) is 11.8 Å². The lowest BCUT2D eigenvalue weighted by Gasteiger charge is -2.28. The van der Waals surface area contributed by atoms with Crippen LogP contribution < -0.4 is 10.6 Å². The van der Waals surface area contributed by atoms with Crippen molar-refractivity contribution < 1.29 is 24.2 Å². The van der Waals surface area contributed by atoms with Crippen LogP contribution in [0.15, 0.2) is 55.6 Å². The van der Waals surface area contributed by atoms with E-state index in [1.54, 1.807) is 6.08 Å². The van der Waals surface area contributed by atoms with Gasteiger partial charge in [-0.25, -0.2) is 0 Å². The summed E-state index contributed by atoms with van der Waals surface area (Å²) in [6.45, 7) is 7.42. The van der Waals surface area contributed by atoms with E-state index in [9.17, 15) is 19.5 Å². The number of ether oxygens (including phenoxy) is 1. The van der Waals surface area contributed by atoms with E-state index in [1.165, 1.54) is 19.3 Å². The molecule has 0 heterocycles. The molecule has 39 heavy (non-hydrogen) atoms. The highest BCUT2D eigenvalue weighted by Crippen LogP contribution is 2.27. The zero-order valence-corrected chi connectivity index (χ0v) is 23.5. The second-order valence-corrected chi connectivity index (χ2v) is 10.7. The topological polar surface area (TPSA) is 105 Å². The number of aliphatic hydroxyl groups is 1. The minimum Gasteiger partial charge on any atom is -0.463 e. The number of rotatable bonds is 19. The normalized spacial score (nSPS) is 15.9. The zero-order chi connectivity index (χ0) is 28.3. The first-order valence-corrected chi connectivity index (χ1v) is 14.6. The highest BCUT2D eigenvalue weighted by Gasteiger charge is 2.27. The van der Waals surface area contributed by atoms with Gasteiger partial charge in [0, 0.05) is 12.8 Å². The summed E-state index contributed by atoms with van der Waals surface area (Å²) in [7, 11) is 0. The van der Waals surface area contributed by atoms with Crippen LogP contribution in [0.5, 0.6) is 0 Å². The van der Waals surface area contributed by atoms with Gasteiger partial charge < -0.3 is 20.5 Å². The number of amides is 2. The molecule has 1 aromatic rings. The molecule has 0 radical (unpaired) electrons. The number of allylic oxidation sites excluding steroid dienone is 2. The maximum Gasteiger partial charge on any atom is 0.305 e. The predicted octanol–water partition coefficient (Wildman–Crippen LogP) is 5.03. The van der Waals surface area contributed by atoms with E-state index in [0.717, 1.165) is 44.1 Å². The van der Waals surface area contributed by atoms with E-state index >= 15 is 0 Å². The fourth-order valence-corrected chi connectivity index (χ4v) is 5.19. The lowest BCUT2D eigenvalue weighted by molar-refractivity contribution is -0.145. The Labute approximate surface area is 234 Å². The number of esters is 1. The lowest BCUT2D eigenvalue weighted by atomic mass is 9.84. The van der Waals surface area contributed by atoms with Gasteiger partial charge in [0.2, 0.25) is 11.8 Å². The van der Waals surface area contributed by atoms with E-state index in [1.807, 2.05) is 36.4 Å². The van der Waals surface area contributed by atoms with Crippen LogP contribution in [0.3, 0.4) is 0 Å². The maximum atomic E-state index is 13.3. The molecule has 7 nitrogen and oxygen atoms in total. The van der Waals surface area contributed by atoms with Gasteiger partial charge in [-0.05, 0) is 50.0 Å². The first-order valence-electron chi connectivity index (χ1n) is 14.6. The van der Waals surface area contributed by atoms with Crippen LogP contribution in [0.2, 0.25) is 0 Å². The number of benzene rings is 1. The highest BCUT2D eigenvalue weighted by molar-refractivity contribution is 5.86. The van der Waals surface area contributed by atoms with E-state index in [-0.39, 0.29) is 43.5 Å². The Hall–Kier alpha value is -2.93. The molecule has 2 amide bonds. The van der Waals surface area contributed by atoms with Crippen LogP contribution >= 0.6 is 0 Å². The van der Waals surface area contributed by atoms with Crippen molar-refractivity contribution in [3.63, 3.8) is 0 Å². The molecule has 1 fully saturated rings. The fraction of sp³-hybridized carbons (Fsp3) is 0.594. The number of carbonyl (C=O) groups is 3. The first-order chi connectivity index (χ1) is 18.9. The van der Waals surface area contributed by atoms with Crippen molar-refractivity contribution in [2.75, 3.05) is 13.2 Å². The van der Waals surface area contributed by atoms with E-state index < -0.39 is 12.0 Å². The summed E-state index contributed by atoms with van der Waals surface area (Å²) in [4.78, 5) is 38.4. The van der Waals surface area contributed by atoms with Crippen LogP contribution in [-0.2, 0) is 25.5 Å². The van der Waals surface area contributed by atoms with Crippen molar-refractivity contribution in [2.45, 2.75) is 95.6 Å². The molecule has 1 saturated carbocycles. The minimum absolute atomic E-state index is 0.0115. The largest absolute Gasteiger partial charge is 0.463 e. The van der Waals surface area contributed by atoms with Gasteiger partial charge in [-0.2, -0.15) is 0 Å². The van der Waals surface area contributed by atoms with Gasteiger partial charge >= 0.3 is 5.97 Å². The number of hydrogen-bond acceptors (Lipinski definition) is 5. The van der Waals surface area contributed by atoms with Gasteiger partial charge in [0.15, 0.2) is 0 Å². The third-order valence-electron chi connectivity index (χ3n) is 7.34. The monoisotopic (exact) mass is 540 g/mol. The molecule has 0 bridgehead atoms. The van der Waals surface area contributed by atoms with Crippen molar-refractivity contribution in [3.8, 4) is 0 Å². The Balaban J connectivity index is 1.95. The van der Waals surface area contributed by atoms with Gasteiger partial charge in [0.25, 0.3) is 0 Å². The van der Waals surface area contributed by atoms with Gasteiger partial charge in [0.05, 0.1) is 24.6 Å². The summed E-state index contributed by atoms with van der Waals surface area (Å²) in [6.07, 6.45) is 13.8. The molecule has 1 aliphatic rings. The molecule has 2 rings (SSSR count). The molecule has 0 aliphatic heterocycles. The van der Waals surface area contributed by atoms with E-state index in [0.29, 0.717) is 25.2 Å². The van der Waals surface area contributed by atoms with Crippen LogP contribution in [-0.4, -0.2) is 48.2 Å². The number of unbranched alkanes of at least 4 members (excludes halogenated alkanes) is 2. The Morgan fingerprint density at radius 1 is 1.00 bits per heavy atom. The quantitative estimate of drug-likeness (QED) is 0.130. The molecule has 0 saturated heterocycles. The smallest absolute Gasteiger partial charge is 0.305 e. The maximum absolute atomic E-state index is 13.3. The summed E-state index contributed by atoms with van der Waals surface area (Å²) in [5.41, 5.74) is 1.01. The van der Waals surface area contributed by atoms with E-state index in [4.69, 9.17) is 4.74 Å². The number of nitrogens with one attached hydrogen (secondary N) is 2. The first kappa shape index (κ1) is 32.3. The Morgan fingerprint density at radius 3 is 2.41 bits per heavy atom. The standard InChI is InChI=1S/C32H48N2O5/c1-3-5-6-13-19-31(37)39-24-29(21-26-17-11-8-12-18-26)34-32(38)27(14-4-2)22-30(36)33-28(23-35)20-25-15-9-7-10-16-25/h3-4,7,9-10,15-16,26-29,35H,1-2,5-6,8,11-14,17-24H2,(H,33,36)(H,34,38)/t27-,28-,29+/m1/s1. The highest BCUT2D eigenvalue weighted by atomic mass is 16.5. The zero-order valence-electron chi connectivity index (χ0n) is 23.5. The molecule has 1 aliphatic carbocycles. The van der Waals surface area contributed by atoms with Gasteiger partial charge in [-0.1, -0.05) is 74.6 Å². The molecule has 216 valence electrons. The van der Waals surface area contributed by atoms with Gasteiger partial charge in [-0.3, -0.25) is 14.4 Å². The SMILES string of the molecule is C=CCCCCC(=O)OC[C@H](CC1CCCCC1)NC(=O)[C@H](CC=C)CC(=O)N[C@@H](CO)Cc1ccccc1. The average Bonchev–Trinajstić information content (AvgIpc) is 2.94. The molecule has 0 unspecified atom stereocenters. The van der Waals surface area contributed by atoms with Gasteiger partial charge in [0.1, 0.15) is 6.61 Å². The minimum atomic E-state index is -0.595. The van der Waals surface area contributed by atoms with Crippen LogP contribution in [0.1, 0.15) is 82.6 Å². The van der Waals surface area contributed by atoms with Crippen molar-refractivity contribution in [2.24, 2.45) is 11.8 Å². The van der Waals surface area contributed by atoms with Crippen molar-refractivity contribution >= 4 is 17.8 Å². The molecule has 7 heteroatoms. The Bertz CT molecular complexity index is 882. The lowest BCUT2D eigenvalue weighted by Crippen LogP contribution is -2.45. The number of aliphatic hydroxyl groups excluding tert-OH is 1. The fourth-order valence-electron chi connectivity index (χ4n) is 5.19. The van der Waals surface area contributed by atoms with Crippen molar-refractivity contribution in [1.82, 2.24) is 10.6 Å². The number of hydrogen-bond donors (Lipinski definition) is 3. The molecule has 1 aromatic carbocycles. The predicted molar refractivity (Wildman–Crippen MR) is 155 cm³/mol. The summed E-state index contributed by atoms with van der Waals surface area (Å²) in [6, 6.07) is 8.92. The molecular formula is C32H48N2O5. The third kappa shape index (κ3) is 13.6. The third-order valence-corrected chi connectivity index (χ3v) is 7.34. The molecule has 0 spiro atoms. The molecule has 3 N–H and O–H groups in total. The van der Waals surface area contributed by atoms with E-state index in [2.05, 4.69) is 23.8 Å². The Morgan fingerprint density at radius 2 is 1.74 bits per heavy atom. The summed E-state index contributed by atoms with van der Waals surface area (Å²) >= 11 is 0. The average molecular weight is 541 g/mol. The second kappa shape index (κ2) is 19.2. The van der Waals surface area contributed by atoms with Crippen LogP contribution in [0.4, 0.5) is 0 Å². The van der Waals surface area contributed by atoms with Crippen molar-refractivity contribution in [1.29, 1.82) is 0 Å². The second-order valence-electron chi connectivity index (χ2n) is 10.7. The van der Waals surface area contributed by atoms with Crippen molar-refractivity contribution in [3.05, 3.63) is 61.2 Å². The Kier molecular flexibility index (Phi) is 15.9. The summed E-state index contributed by atoms with van der Waals surface area (Å²) in [5.74, 6) is -0.891. The summed E-state index contributed by atoms with van der Waals surface area (Å²) < 4.78 is 5.56. The van der Waals surface area contributed by atoms with Crippen LogP contribution in [0.25, 0.3) is 0 Å². The number of carbonyl (C=O) groups excluding carboxylic acids is 3. The molecule has 0 aromatic heterocycles. The molecule has 3 atom stereocenters. The van der Waals surface area contributed by atoms with Gasteiger partial charge in [-0.15, -0.1) is 13.2 Å².